The summed E-state index contributed by atoms with van der Waals surface area (Å²) < 4.78 is 0. The Bertz CT molecular complexity index is 1280. The van der Waals surface area contributed by atoms with E-state index in [1.165, 1.54) is 28.6 Å². The van der Waals surface area contributed by atoms with Crippen LogP contribution in [0.15, 0.2) is 66.1 Å². The van der Waals surface area contributed by atoms with Crippen LogP contribution in [0.2, 0.25) is 0 Å². The molecule has 0 spiro atoms. The number of nitrogens with zero attached hydrogens (tertiary/aromatic N) is 3. The number of carbonyl (C=O) groups is 2. The maximum atomic E-state index is 13.6. The molecule has 2 amide bonds. The van der Waals surface area contributed by atoms with Crippen LogP contribution in [-0.2, 0) is 16.0 Å². The van der Waals surface area contributed by atoms with Crippen molar-refractivity contribution < 1.29 is 14.5 Å². The van der Waals surface area contributed by atoms with Gasteiger partial charge in [0.1, 0.15) is 6.54 Å². The molecule has 2 heterocycles. The van der Waals surface area contributed by atoms with E-state index in [1.54, 1.807) is 34.4 Å². The molecule has 0 radical (unpaired) electrons. The van der Waals surface area contributed by atoms with Crippen molar-refractivity contribution in [1.29, 1.82) is 0 Å². The number of non-ortho nitro benzene ring substituents is 1. The third kappa shape index (κ3) is 5.54. The van der Waals surface area contributed by atoms with Gasteiger partial charge in [0.2, 0.25) is 11.8 Å². The quantitative estimate of drug-likeness (QED) is 0.234. The van der Waals surface area contributed by atoms with E-state index >= 15 is 0 Å². The van der Waals surface area contributed by atoms with Gasteiger partial charge in [0.25, 0.3) is 5.69 Å². The van der Waals surface area contributed by atoms with Gasteiger partial charge in [0, 0.05) is 36.2 Å². The van der Waals surface area contributed by atoms with Crippen LogP contribution in [0, 0.1) is 17.0 Å². The van der Waals surface area contributed by atoms with Gasteiger partial charge >= 0.3 is 0 Å². The smallest absolute Gasteiger partial charge is 0.269 e. The second-order valence-corrected chi connectivity index (χ2v) is 9.84. The van der Waals surface area contributed by atoms with E-state index in [0.717, 1.165) is 24.0 Å². The Kier molecular flexibility index (Phi) is 7.95. The van der Waals surface area contributed by atoms with Gasteiger partial charge in [0.15, 0.2) is 0 Å². The Balaban J connectivity index is 1.53. The maximum Gasteiger partial charge on any atom is 0.269 e. The fourth-order valence-electron chi connectivity index (χ4n) is 4.59. The minimum absolute atomic E-state index is 0.000867. The molecule has 8 heteroatoms. The fraction of sp³-hybridized carbons (Fsp3) is 0.286. The van der Waals surface area contributed by atoms with E-state index in [2.05, 4.69) is 30.5 Å². The standard InChI is InChI=1S/C28H29N3O4S/c1-3-16-29(26(32)13-10-21-8-11-22(12-9-21)31(34)35)19-27(33)30-17-14-25-24(15-18-36-25)28(30)23-7-5-4-6-20(23)2/h4-13,15,18,28H,3,14,16-17,19H2,1-2H3. The van der Waals surface area contributed by atoms with Crippen molar-refractivity contribution in [2.45, 2.75) is 32.7 Å². The Morgan fingerprint density at radius 3 is 2.58 bits per heavy atom. The molecule has 0 N–H and O–H groups in total. The summed E-state index contributed by atoms with van der Waals surface area (Å²) in [6, 6.07) is 16.1. The van der Waals surface area contributed by atoms with Crippen molar-refractivity contribution in [2.75, 3.05) is 19.6 Å². The molecule has 0 fully saturated rings. The molecule has 36 heavy (non-hydrogen) atoms. The number of rotatable bonds is 8. The molecule has 1 aliphatic heterocycles. The summed E-state index contributed by atoms with van der Waals surface area (Å²) in [7, 11) is 0. The molecule has 186 valence electrons. The van der Waals surface area contributed by atoms with Crippen molar-refractivity contribution in [3.05, 3.63) is 103 Å². The minimum atomic E-state index is -0.461. The zero-order valence-electron chi connectivity index (χ0n) is 20.4. The van der Waals surface area contributed by atoms with Gasteiger partial charge in [-0.2, -0.15) is 0 Å². The SMILES string of the molecule is CCCN(CC(=O)N1CCc2sccc2C1c1ccccc1C)C(=O)C=Cc1ccc([N+](=O)[O-])cc1. The molecule has 2 aromatic carbocycles. The minimum Gasteiger partial charge on any atom is -0.330 e. The number of thiophene rings is 1. The van der Waals surface area contributed by atoms with E-state index in [4.69, 9.17) is 0 Å². The molecule has 1 unspecified atom stereocenters. The van der Waals surface area contributed by atoms with Gasteiger partial charge in [0.05, 0.1) is 11.0 Å². The Hall–Kier alpha value is -3.78. The molecule has 0 saturated heterocycles. The third-order valence-electron chi connectivity index (χ3n) is 6.42. The van der Waals surface area contributed by atoms with Crippen LogP contribution in [0.4, 0.5) is 5.69 Å². The van der Waals surface area contributed by atoms with E-state index in [1.807, 2.05) is 24.0 Å². The normalized spacial score (nSPS) is 15.1. The van der Waals surface area contributed by atoms with Crippen LogP contribution in [0.3, 0.4) is 0 Å². The van der Waals surface area contributed by atoms with Crippen LogP contribution in [0.25, 0.3) is 6.08 Å². The number of aryl methyl sites for hydroxylation is 1. The highest BCUT2D eigenvalue weighted by atomic mass is 32.1. The van der Waals surface area contributed by atoms with Crippen molar-refractivity contribution in [3.8, 4) is 0 Å². The average Bonchev–Trinajstić information content (AvgIpc) is 3.36. The Morgan fingerprint density at radius 2 is 1.89 bits per heavy atom. The number of amides is 2. The second kappa shape index (κ2) is 11.3. The molecular weight excluding hydrogens is 474 g/mol. The predicted molar refractivity (Wildman–Crippen MR) is 142 cm³/mol. The van der Waals surface area contributed by atoms with Gasteiger partial charge in [-0.05, 0) is 71.7 Å². The molecule has 0 bridgehead atoms. The van der Waals surface area contributed by atoms with Crippen LogP contribution in [0.5, 0.6) is 0 Å². The van der Waals surface area contributed by atoms with Crippen molar-refractivity contribution in [3.63, 3.8) is 0 Å². The lowest BCUT2D eigenvalue weighted by molar-refractivity contribution is -0.384. The number of nitro groups is 1. The average molecular weight is 504 g/mol. The first-order valence-corrected chi connectivity index (χ1v) is 12.9. The lowest BCUT2D eigenvalue weighted by atomic mass is 9.90. The molecule has 1 atom stereocenters. The summed E-state index contributed by atoms with van der Waals surface area (Å²) in [6.07, 6.45) is 4.58. The van der Waals surface area contributed by atoms with Crippen LogP contribution in [-0.4, -0.2) is 46.2 Å². The van der Waals surface area contributed by atoms with Crippen molar-refractivity contribution in [2.24, 2.45) is 0 Å². The van der Waals surface area contributed by atoms with Gasteiger partial charge in [-0.1, -0.05) is 31.2 Å². The molecular formula is C28H29N3O4S. The van der Waals surface area contributed by atoms with Crippen LogP contribution >= 0.6 is 11.3 Å². The summed E-state index contributed by atoms with van der Waals surface area (Å²) in [4.78, 5) is 41.8. The number of carbonyl (C=O) groups excluding carboxylic acids is 2. The van der Waals surface area contributed by atoms with E-state index < -0.39 is 4.92 Å². The van der Waals surface area contributed by atoms with Gasteiger partial charge in [-0.3, -0.25) is 19.7 Å². The summed E-state index contributed by atoms with van der Waals surface area (Å²) in [5.41, 5.74) is 4.08. The second-order valence-electron chi connectivity index (χ2n) is 8.84. The molecule has 3 aromatic rings. The number of hydrogen-bond acceptors (Lipinski definition) is 5. The molecule has 1 aromatic heterocycles. The summed E-state index contributed by atoms with van der Waals surface area (Å²) in [5.74, 6) is -0.338. The highest BCUT2D eigenvalue weighted by Crippen LogP contribution is 2.39. The topological polar surface area (TPSA) is 83.8 Å². The van der Waals surface area contributed by atoms with E-state index in [-0.39, 0.29) is 30.1 Å². The lowest BCUT2D eigenvalue weighted by Gasteiger charge is -2.38. The molecule has 0 aliphatic carbocycles. The summed E-state index contributed by atoms with van der Waals surface area (Å²) in [5, 5.41) is 12.9. The van der Waals surface area contributed by atoms with Crippen molar-refractivity contribution >= 4 is 34.9 Å². The number of nitro benzene ring substituents is 1. The molecule has 1 aliphatic rings. The first-order valence-electron chi connectivity index (χ1n) is 12.0. The lowest BCUT2D eigenvalue weighted by Crippen LogP contribution is -2.46. The molecule has 0 saturated carbocycles. The zero-order valence-corrected chi connectivity index (χ0v) is 21.2. The van der Waals surface area contributed by atoms with Gasteiger partial charge in [-0.25, -0.2) is 0 Å². The summed E-state index contributed by atoms with van der Waals surface area (Å²) in [6.45, 7) is 5.10. The van der Waals surface area contributed by atoms with Gasteiger partial charge < -0.3 is 9.80 Å². The third-order valence-corrected chi connectivity index (χ3v) is 7.42. The first-order chi connectivity index (χ1) is 17.4. The zero-order chi connectivity index (χ0) is 25.7. The number of fused-ring (bicyclic) bond motifs is 1. The number of hydrogen-bond donors (Lipinski definition) is 0. The molecule has 7 nitrogen and oxygen atoms in total. The molecule has 4 rings (SSSR count). The van der Waals surface area contributed by atoms with Crippen LogP contribution < -0.4 is 0 Å². The monoisotopic (exact) mass is 503 g/mol. The van der Waals surface area contributed by atoms with Crippen LogP contribution in [0.1, 0.15) is 46.5 Å². The van der Waals surface area contributed by atoms with E-state index in [0.29, 0.717) is 18.7 Å². The fourth-order valence-corrected chi connectivity index (χ4v) is 5.49. The largest absolute Gasteiger partial charge is 0.330 e. The highest BCUT2D eigenvalue weighted by Gasteiger charge is 2.34. The van der Waals surface area contributed by atoms with E-state index in [9.17, 15) is 19.7 Å². The number of benzene rings is 2. The Labute approximate surface area is 214 Å². The summed E-state index contributed by atoms with van der Waals surface area (Å²) >= 11 is 1.73. The Morgan fingerprint density at radius 1 is 1.14 bits per heavy atom. The maximum absolute atomic E-state index is 13.6. The van der Waals surface area contributed by atoms with Gasteiger partial charge in [-0.15, -0.1) is 11.3 Å². The predicted octanol–water partition coefficient (Wildman–Crippen LogP) is 5.39. The van der Waals surface area contributed by atoms with Crippen molar-refractivity contribution in [1.82, 2.24) is 9.80 Å². The first kappa shape index (κ1) is 25.3. The highest BCUT2D eigenvalue weighted by molar-refractivity contribution is 7.10.